The van der Waals surface area contributed by atoms with Crippen molar-refractivity contribution in [3.8, 4) is 11.5 Å². The normalized spacial score (nSPS) is 14.2. The molecule has 2 aliphatic rings. The molecule has 0 aliphatic carbocycles. The van der Waals surface area contributed by atoms with Gasteiger partial charge >= 0.3 is 5.97 Å². The largest absolute Gasteiger partial charge is 0.493 e. The first-order chi connectivity index (χ1) is 28.7. The van der Waals surface area contributed by atoms with Crippen LogP contribution < -0.4 is 36.5 Å². The summed E-state index contributed by atoms with van der Waals surface area (Å²) in [5.74, 6) is -1.47. The van der Waals surface area contributed by atoms with E-state index in [4.69, 9.17) is 19.9 Å². The highest BCUT2D eigenvalue weighted by molar-refractivity contribution is 6.08. The number of anilines is 3. The van der Waals surface area contributed by atoms with Crippen LogP contribution in [-0.4, -0.2) is 106 Å². The predicted molar refractivity (Wildman–Crippen MR) is 222 cm³/mol. The van der Waals surface area contributed by atoms with E-state index in [1.807, 2.05) is 0 Å². The maximum atomic E-state index is 13.3. The molecule has 4 aromatic rings. The van der Waals surface area contributed by atoms with Gasteiger partial charge in [-0.1, -0.05) is 12.2 Å². The maximum absolute atomic E-state index is 13.3. The van der Waals surface area contributed by atoms with Crippen molar-refractivity contribution in [1.82, 2.24) is 23.9 Å². The molecule has 0 saturated carbocycles. The van der Waals surface area contributed by atoms with Gasteiger partial charge in [-0.3, -0.25) is 33.8 Å². The Labute approximate surface area is 345 Å². The van der Waals surface area contributed by atoms with Gasteiger partial charge in [0.2, 0.25) is 5.91 Å². The van der Waals surface area contributed by atoms with Gasteiger partial charge in [0.25, 0.3) is 23.6 Å². The molecule has 0 spiro atoms. The molecule has 1 unspecified atom stereocenters. The van der Waals surface area contributed by atoms with E-state index in [0.29, 0.717) is 71.3 Å². The van der Waals surface area contributed by atoms with Gasteiger partial charge in [0.1, 0.15) is 17.1 Å². The molecule has 60 heavy (non-hydrogen) atoms. The quantitative estimate of drug-likeness (QED) is 0.0593. The third-order valence-electron chi connectivity index (χ3n) is 9.81. The standard InChI is InChI=1S/C41H48N10O9/c1-24-12-28-19-44-30-17-35(34(58-5)16-29(30)41(57)51(28)20-24)59-10-6-8-36(52)45-25-13-32(49(3)21-25)39(55)47-27-15-33(50(4)23-27)40(56)46-26-14-31(48(2)22-26)38(54)43-9-7-11-60-37(53)18-42/h13-17,19,21-23,28H,1,6-12,18,20,42H2,2-5H3,(H,43,54)(H,45,52)(H,46,56)(H,47,55). The van der Waals surface area contributed by atoms with Gasteiger partial charge < -0.3 is 59.8 Å². The number of carbonyl (C=O) groups excluding carboxylic acids is 6. The summed E-state index contributed by atoms with van der Waals surface area (Å²) in [5.41, 5.74) is 9.06. The van der Waals surface area contributed by atoms with Crippen molar-refractivity contribution in [2.45, 2.75) is 31.7 Å². The van der Waals surface area contributed by atoms with E-state index < -0.39 is 17.8 Å². The summed E-state index contributed by atoms with van der Waals surface area (Å²) in [4.78, 5) is 82.7. The number of aryl methyl sites for hydroxylation is 3. The summed E-state index contributed by atoms with van der Waals surface area (Å²) in [7, 11) is 6.48. The lowest BCUT2D eigenvalue weighted by molar-refractivity contribution is -0.141. The Bertz CT molecular complexity index is 2370. The number of methoxy groups -OCH3 is 1. The number of ether oxygens (including phenoxy) is 3. The maximum Gasteiger partial charge on any atom is 0.319 e. The second kappa shape index (κ2) is 18.6. The van der Waals surface area contributed by atoms with Crippen LogP contribution in [0.3, 0.4) is 0 Å². The number of hydrogen-bond donors (Lipinski definition) is 5. The molecule has 3 aromatic heterocycles. The Morgan fingerprint density at radius 3 is 2.02 bits per heavy atom. The van der Waals surface area contributed by atoms with Crippen LogP contribution in [0.5, 0.6) is 11.5 Å². The van der Waals surface area contributed by atoms with Crippen molar-refractivity contribution in [1.29, 1.82) is 0 Å². The molecule has 5 heterocycles. The number of amides is 5. The SMILES string of the molecule is C=C1CC2C=Nc3cc(OCCCC(=O)Nc4cc(C(=O)Nc5cc(C(=O)Nc6cc(C(=O)NCCCOC(=O)CN)n(C)c6)n(C)c5)n(C)c4)c(OC)cc3C(=O)N2C1. The first kappa shape index (κ1) is 42.5. The molecule has 6 N–H and O–H groups in total. The number of nitrogens with two attached hydrogens (primary N) is 1. The molecule has 6 rings (SSSR count). The lowest BCUT2D eigenvalue weighted by atomic mass is 10.1. The van der Waals surface area contributed by atoms with Crippen molar-refractivity contribution in [3.63, 3.8) is 0 Å². The van der Waals surface area contributed by atoms with E-state index >= 15 is 0 Å². The Hall–Kier alpha value is -7.15. The number of nitrogens with zero attached hydrogens (tertiary/aromatic N) is 5. The fourth-order valence-electron chi connectivity index (χ4n) is 6.82. The fraction of sp³-hybridized carbons (Fsp3) is 0.341. The molecule has 0 radical (unpaired) electrons. The van der Waals surface area contributed by atoms with E-state index in [1.54, 1.807) is 82.7 Å². The van der Waals surface area contributed by atoms with Gasteiger partial charge in [0.05, 0.1) is 61.2 Å². The van der Waals surface area contributed by atoms with E-state index in [2.05, 4.69) is 32.8 Å². The zero-order valence-corrected chi connectivity index (χ0v) is 33.8. The van der Waals surface area contributed by atoms with Crippen molar-refractivity contribution in [3.05, 3.63) is 83.7 Å². The second-order valence-electron chi connectivity index (χ2n) is 14.4. The highest BCUT2D eigenvalue weighted by Gasteiger charge is 2.34. The Morgan fingerprint density at radius 2 is 1.42 bits per heavy atom. The van der Waals surface area contributed by atoms with Crippen LogP contribution in [0.2, 0.25) is 0 Å². The van der Waals surface area contributed by atoms with Gasteiger partial charge in [-0.2, -0.15) is 0 Å². The summed E-state index contributed by atoms with van der Waals surface area (Å²) < 4.78 is 21.1. The predicted octanol–water partition coefficient (Wildman–Crippen LogP) is 3.12. The summed E-state index contributed by atoms with van der Waals surface area (Å²) in [6.07, 6.45) is 8.13. The molecule has 19 nitrogen and oxygen atoms in total. The van der Waals surface area contributed by atoms with Gasteiger partial charge in [0.15, 0.2) is 11.5 Å². The van der Waals surface area contributed by atoms with Crippen LogP contribution in [0.4, 0.5) is 22.7 Å². The molecule has 5 amide bonds. The van der Waals surface area contributed by atoms with E-state index in [0.717, 1.165) is 5.57 Å². The average molecular weight is 825 g/mol. The van der Waals surface area contributed by atoms with Crippen LogP contribution >= 0.6 is 0 Å². The van der Waals surface area contributed by atoms with Crippen molar-refractivity contribution < 1.29 is 43.0 Å². The third-order valence-corrected chi connectivity index (χ3v) is 9.81. The van der Waals surface area contributed by atoms with Gasteiger partial charge in [-0.05, 0) is 43.5 Å². The smallest absolute Gasteiger partial charge is 0.319 e. The number of aliphatic imine (C=N–C) groups is 1. The molecule has 316 valence electrons. The molecule has 1 fully saturated rings. The zero-order valence-electron chi connectivity index (χ0n) is 33.8. The number of fused-ring (bicyclic) bond motifs is 2. The Morgan fingerprint density at radius 1 is 0.817 bits per heavy atom. The first-order valence-corrected chi connectivity index (χ1v) is 19.2. The Balaban J connectivity index is 0.969. The minimum absolute atomic E-state index is 0.127. The highest BCUT2D eigenvalue weighted by atomic mass is 16.5. The molecule has 1 atom stereocenters. The van der Waals surface area contributed by atoms with E-state index in [-0.39, 0.29) is 67.9 Å². The molecular weight excluding hydrogens is 777 g/mol. The van der Waals surface area contributed by atoms with Crippen molar-refractivity contribution in [2.75, 3.05) is 55.9 Å². The zero-order chi connectivity index (χ0) is 43.1. The van der Waals surface area contributed by atoms with Crippen molar-refractivity contribution in [2.24, 2.45) is 31.9 Å². The number of esters is 1. The van der Waals surface area contributed by atoms with Gasteiger partial charge in [0, 0.05) is 71.5 Å². The lowest BCUT2D eigenvalue weighted by Gasteiger charge is -2.20. The molecule has 1 saturated heterocycles. The fourth-order valence-corrected chi connectivity index (χ4v) is 6.82. The number of nitrogens with one attached hydrogen (secondary N) is 4. The first-order valence-electron chi connectivity index (χ1n) is 19.2. The number of hydrogen-bond acceptors (Lipinski definition) is 11. The number of benzene rings is 1. The summed E-state index contributed by atoms with van der Waals surface area (Å²) in [5, 5.41) is 11.1. The lowest BCUT2D eigenvalue weighted by Crippen LogP contribution is -2.35. The average Bonchev–Trinajstić information content (AvgIpc) is 3.97. The third kappa shape index (κ3) is 9.92. The number of rotatable bonds is 17. The molecule has 0 bridgehead atoms. The molecule has 2 aliphatic heterocycles. The molecule has 19 heteroatoms. The van der Waals surface area contributed by atoms with Crippen LogP contribution in [0.15, 0.2) is 66.1 Å². The molecular formula is C41H48N10O9. The van der Waals surface area contributed by atoms with Gasteiger partial charge in [-0.15, -0.1) is 0 Å². The number of carbonyl (C=O) groups is 6. The topological polar surface area (TPSA) is 235 Å². The minimum Gasteiger partial charge on any atom is -0.493 e. The summed E-state index contributed by atoms with van der Waals surface area (Å²) in [6.45, 7) is 4.87. The number of aromatic nitrogens is 3. The minimum atomic E-state index is -0.521. The van der Waals surface area contributed by atoms with E-state index in [1.165, 1.54) is 19.2 Å². The Kier molecular flexibility index (Phi) is 13.2. The van der Waals surface area contributed by atoms with Crippen LogP contribution in [-0.2, 0) is 35.5 Å². The second-order valence-corrected chi connectivity index (χ2v) is 14.4. The van der Waals surface area contributed by atoms with Crippen molar-refractivity contribution >= 4 is 64.5 Å². The van der Waals surface area contributed by atoms with E-state index in [9.17, 15) is 28.8 Å². The van der Waals surface area contributed by atoms with Gasteiger partial charge in [-0.25, -0.2) is 0 Å². The van der Waals surface area contributed by atoms with Crippen LogP contribution in [0.1, 0.15) is 67.5 Å². The summed E-state index contributed by atoms with van der Waals surface area (Å²) in [6, 6.07) is 7.75. The molecule has 1 aromatic carbocycles. The van der Waals surface area contributed by atoms with Crippen LogP contribution in [0, 0.1) is 0 Å². The highest BCUT2D eigenvalue weighted by Crippen LogP contribution is 2.38. The monoisotopic (exact) mass is 824 g/mol. The summed E-state index contributed by atoms with van der Waals surface area (Å²) >= 11 is 0. The van der Waals surface area contributed by atoms with Crippen LogP contribution in [0.25, 0.3) is 0 Å².